The van der Waals surface area contributed by atoms with Gasteiger partial charge >= 0.3 is 12.3 Å². The number of thiophene rings is 1. The second-order valence-corrected chi connectivity index (χ2v) is 7.18. The monoisotopic (exact) mass is 457 g/mol. The lowest BCUT2D eigenvalue weighted by atomic mass is 10.1. The number of amides is 1. The van der Waals surface area contributed by atoms with Crippen LogP contribution in [0.5, 0.6) is 5.06 Å². The zero-order valence-corrected chi connectivity index (χ0v) is 16.4. The van der Waals surface area contributed by atoms with Gasteiger partial charge in [-0.25, -0.2) is 13.6 Å². The summed E-state index contributed by atoms with van der Waals surface area (Å²) in [5, 5.41) is 8.73. The van der Waals surface area contributed by atoms with Crippen molar-refractivity contribution in [3.63, 3.8) is 0 Å². The van der Waals surface area contributed by atoms with E-state index in [2.05, 4.69) is 0 Å². The molecular weight excluding hydrogens is 445 g/mol. The molecule has 0 spiro atoms. The van der Waals surface area contributed by atoms with Crippen molar-refractivity contribution >= 4 is 29.1 Å². The number of benzene rings is 2. The molecule has 0 saturated carbocycles. The molecule has 0 bridgehead atoms. The van der Waals surface area contributed by atoms with Gasteiger partial charge in [-0.3, -0.25) is 4.79 Å². The summed E-state index contributed by atoms with van der Waals surface area (Å²) in [5.41, 5.74) is -2.22. The van der Waals surface area contributed by atoms with Gasteiger partial charge in [0.15, 0.2) is 11.6 Å². The lowest BCUT2D eigenvalue weighted by Gasteiger charge is -2.18. The molecule has 0 unspecified atom stereocenters. The van der Waals surface area contributed by atoms with Crippen LogP contribution in [0.25, 0.3) is 10.4 Å². The van der Waals surface area contributed by atoms with Crippen molar-refractivity contribution in [2.75, 3.05) is 11.9 Å². The van der Waals surface area contributed by atoms with Gasteiger partial charge in [-0.05, 0) is 23.8 Å². The number of ether oxygens (including phenoxy) is 1. The fraction of sp³-hybridized carbons (Fsp3) is 0.100. The number of nitrogens with zero attached hydrogens (tertiary/aromatic N) is 1. The average Bonchev–Trinajstić information content (AvgIpc) is 3.11. The van der Waals surface area contributed by atoms with Crippen LogP contribution in [0.15, 0.2) is 48.5 Å². The van der Waals surface area contributed by atoms with Crippen molar-refractivity contribution in [3.05, 3.63) is 71.3 Å². The molecule has 3 aromatic rings. The molecular formula is C20H12F5NO4S. The molecule has 0 saturated heterocycles. The molecule has 0 aliphatic rings. The Kier molecular flexibility index (Phi) is 5.98. The number of rotatable bonds is 4. The van der Waals surface area contributed by atoms with Crippen molar-refractivity contribution < 1.29 is 41.4 Å². The topological polar surface area (TPSA) is 66.8 Å². The van der Waals surface area contributed by atoms with Crippen LogP contribution in [-0.2, 0) is 6.18 Å². The van der Waals surface area contributed by atoms with E-state index in [9.17, 15) is 31.5 Å². The number of carbonyl (C=O) groups is 2. The number of carboxylic acid groups (broad SMARTS) is 1. The molecule has 1 N–H and O–H groups in total. The minimum Gasteiger partial charge on any atom is -0.449 e. The molecule has 0 aliphatic heterocycles. The van der Waals surface area contributed by atoms with Crippen LogP contribution in [0.3, 0.4) is 0 Å². The Labute approximate surface area is 175 Å². The summed E-state index contributed by atoms with van der Waals surface area (Å²) in [6, 6.07) is 10.8. The van der Waals surface area contributed by atoms with Gasteiger partial charge in [0.05, 0.1) is 16.8 Å². The first-order valence-corrected chi connectivity index (χ1v) is 9.25. The van der Waals surface area contributed by atoms with Crippen molar-refractivity contribution in [2.24, 2.45) is 0 Å². The Bertz CT molecular complexity index is 1140. The zero-order chi connectivity index (χ0) is 22.9. The highest BCUT2D eigenvalue weighted by molar-refractivity contribution is 7.18. The Morgan fingerprint density at radius 2 is 1.68 bits per heavy atom. The highest BCUT2D eigenvalue weighted by Gasteiger charge is 2.37. The highest BCUT2D eigenvalue weighted by atomic mass is 32.1. The quantitative estimate of drug-likeness (QED) is 0.383. The largest absolute Gasteiger partial charge is 0.512 e. The van der Waals surface area contributed by atoms with Gasteiger partial charge in [0, 0.05) is 11.9 Å². The predicted octanol–water partition coefficient (Wildman–Crippen LogP) is 6.05. The first kappa shape index (κ1) is 22.2. The Hall–Kier alpha value is -3.47. The van der Waals surface area contributed by atoms with E-state index in [0.29, 0.717) is 16.5 Å². The molecule has 1 heterocycles. The average molecular weight is 457 g/mol. The molecule has 0 fully saturated rings. The fourth-order valence-electron chi connectivity index (χ4n) is 2.72. The third kappa shape index (κ3) is 4.50. The second-order valence-electron chi connectivity index (χ2n) is 6.17. The summed E-state index contributed by atoms with van der Waals surface area (Å²) < 4.78 is 71.1. The van der Waals surface area contributed by atoms with E-state index >= 15 is 0 Å². The molecule has 0 radical (unpaired) electrons. The summed E-state index contributed by atoms with van der Waals surface area (Å²) in [5.74, 6) is -5.37. The third-order valence-electron chi connectivity index (χ3n) is 4.20. The van der Waals surface area contributed by atoms with E-state index in [1.807, 2.05) is 0 Å². The molecule has 5 nitrogen and oxygen atoms in total. The SMILES string of the molecule is CN(C(=O)c1ccc(C(F)(F)F)c(F)c1F)c1cc(-c2ccccc2)sc1OC(=O)O. The summed E-state index contributed by atoms with van der Waals surface area (Å²) >= 11 is 0.881. The predicted molar refractivity (Wildman–Crippen MR) is 103 cm³/mol. The lowest BCUT2D eigenvalue weighted by molar-refractivity contribution is -0.140. The summed E-state index contributed by atoms with van der Waals surface area (Å²) in [4.78, 5) is 25.0. The van der Waals surface area contributed by atoms with E-state index in [1.54, 1.807) is 30.3 Å². The maximum atomic E-state index is 14.3. The first-order chi connectivity index (χ1) is 14.5. The number of hydrogen-bond donors (Lipinski definition) is 1. The molecule has 2 aromatic carbocycles. The zero-order valence-electron chi connectivity index (χ0n) is 15.5. The summed E-state index contributed by atoms with van der Waals surface area (Å²) in [6.45, 7) is 0. The van der Waals surface area contributed by atoms with Crippen LogP contribution in [0.1, 0.15) is 15.9 Å². The van der Waals surface area contributed by atoms with E-state index < -0.39 is 41.0 Å². The van der Waals surface area contributed by atoms with Crippen LogP contribution in [-0.4, -0.2) is 24.2 Å². The molecule has 162 valence electrons. The number of anilines is 1. The number of hydrogen-bond acceptors (Lipinski definition) is 4. The molecule has 1 amide bonds. The van der Waals surface area contributed by atoms with E-state index in [4.69, 9.17) is 9.84 Å². The van der Waals surface area contributed by atoms with Gasteiger partial charge in [-0.15, -0.1) is 0 Å². The van der Waals surface area contributed by atoms with Crippen molar-refractivity contribution in [2.45, 2.75) is 6.18 Å². The smallest absolute Gasteiger partial charge is 0.449 e. The lowest BCUT2D eigenvalue weighted by Crippen LogP contribution is -2.28. The van der Waals surface area contributed by atoms with Crippen molar-refractivity contribution in [3.8, 4) is 15.5 Å². The van der Waals surface area contributed by atoms with Gasteiger partial charge in [-0.2, -0.15) is 13.2 Å². The fourth-order valence-corrected chi connectivity index (χ4v) is 3.76. The van der Waals surface area contributed by atoms with Crippen LogP contribution < -0.4 is 9.64 Å². The van der Waals surface area contributed by atoms with E-state index in [0.717, 1.165) is 23.3 Å². The van der Waals surface area contributed by atoms with Crippen LogP contribution in [0.4, 0.5) is 32.4 Å². The maximum Gasteiger partial charge on any atom is 0.512 e. The maximum absolute atomic E-state index is 14.3. The summed E-state index contributed by atoms with van der Waals surface area (Å²) in [7, 11) is 1.13. The molecule has 3 rings (SSSR count). The van der Waals surface area contributed by atoms with Crippen LogP contribution in [0.2, 0.25) is 0 Å². The molecule has 11 heteroatoms. The first-order valence-electron chi connectivity index (χ1n) is 8.44. The van der Waals surface area contributed by atoms with Gasteiger partial charge in [0.1, 0.15) is 0 Å². The Morgan fingerprint density at radius 3 is 2.26 bits per heavy atom. The second kappa shape index (κ2) is 8.34. The van der Waals surface area contributed by atoms with Gasteiger partial charge in [-0.1, -0.05) is 41.7 Å². The minimum atomic E-state index is -5.14. The molecule has 31 heavy (non-hydrogen) atoms. The van der Waals surface area contributed by atoms with Crippen LogP contribution in [0, 0.1) is 11.6 Å². The van der Waals surface area contributed by atoms with Crippen molar-refractivity contribution in [1.82, 2.24) is 0 Å². The number of halogens is 5. The minimum absolute atomic E-state index is 0.0871. The number of carbonyl (C=O) groups excluding carboxylic acids is 1. The van der Waals surface area contributed by atoms with Gasteiger partial charge in [0.2, 0.25) is 5.06 Å². The Morgan fingerprint density at radius 1 is 1.03 bits per heavy atom. The van der Waals surface area contributed by atoms with E-state index in [-0.39, 0.29) is 16.8 Å². The van der Waals surface area contributed by atoms with Gasteiger partial charge in [0.25, 0.3) is 5.91 Å². The van der Waals surface area contributed by atoms with Crippen molar-refractivity contribution in [1.29, 1.82) is 0 Å². The molecule has 1 aromatic heterocycles. The standard InChI is InChI=1S/C20H12F5NO4S/c1-26(17(27)11-7-8-12(20(23,24)25)16(22)15(11)21)13-9-14(10-5-3-2-4-6-10)31-18(13)30-19(28)29/h2-9H,1H3,(H,28,29). The van der Waals surface area contributed by atoms with Crippen LogP contribution >= 0.6 is 11.3 Å². The highest BCUT2D eigenvalue weighted by Crippen LogP contribution is 2.43. The Balaban J connectivity index is 2.03. The summed E-state index contributed by atoms with van der Waals surface area (Å²) in [6.07, 6.45) is -6.81. The molecule has 0 atom stereocenters. The third-order valence-corrected chi connectivity index (χ3v) is 5.25. The molecule has 0 aliphatic carbocycles. The normalized spacial score (nSPS) is 11.3. The van der Waals surface area contributed by atoms with E-state index in [1.165, 1.54) is 6.07 Å². The number of alkyl halides is 3. The van der Waals surface area contributed by atoms with Gasteiger partial charge < -0.3 is 14.7 Å².